The lowest BCUT2D eigenvalue weighted by Crippen LogP contribution is -2.22. The Balaban J connectivity index is 1.93. The van der Waals surface area contributed by atoms with Gasteiger partial charge in [-0.3, -0.25) is 9.59 Å². The molecule has 0 fully saturated rings. The molecule has 0 unspecified atom stereocenters. The van der Waals surface area contributed by atoms with Crippen molar-refractivity contribution in [2.45, 2.75) is 20.8 Å². The van der Waals surface area contributed by atoms with Crippen LogP contribution >= 0.6 is 0 Å². The van der Waals surface area contributed by atoms with Crippen molar-refractivity contribution >= 4 is 28.9 Å². The summed E-state index contributed by atoms with van der Waals surface area (Å²) in [6.45, 7) is 9.85. The molecular formula is C22H27N3O3. The van der Waals surface area contributed by atoms with Gasteiger partial charge in [0.2, 0.25) is 11.8 Å². The maximum Gasteiger partial charge on any atom is 0.243 e. The number of carbonyl (C=O) groups excluding carboxylic acids is 2. The average Bonchev–Trinajstić information content (AvgIpc) is 2.65. The standard InChI is InChI=1S/C22H27N3O3/c1-15(2)14-28-20-11-6-5-10-19(20)23-13-21(26)24-17-8-7-9-18(12-17)25-22(27)16(3)4/h5-12,16,23H,1,13-14H2,2-4H3,(H,24,26)(H,25,27). The minimum absolute atomic E-state index is 0.0727. The topological polar surface area (TPSA) is 79.5 Å². The molecule has 2 aromatic rings. The molecule has 0 spiro atoms. The first-order chi connectivity index (χ1) is 13.3. The molecular weight excluding hydrogens is 354 g/mol. The van der Waals surface area contributed by atoms with Crippen molar-refractivity contribution in [1.29, 1.82) is 0 Å². The van der Waals surface area contributed by atoms with Gasteiger partial charge < -0.3 is 20.7 Å². The van der Waals surface area contributed by atoms with Crippen LogP contribution in [0, 0.1) is 5.92 Å². The molecule has 0 aliphatic rings. The number of hydrogen-bond acceptors (Lipinski definition) is 4. The van der Waals surface area contributed by atoms with E-state index in [1.54, 1.807) is 24.3 Å². The van der Waals surface area contributed by atoms with Gasteiger partial charge in [0.25, 0.3) is 0 Å². The van der Waals surface area contributed by atoms with E-state index in [2.05, 4.69) is 22.5 Å². The molecule has 0 aromatic heterocycles. The van der Waals surface area contributed by atoms with E-state index in [4.69, 9.17) is 4.74 Å². The van der Waals surface area contributed by atoms with Crippen molar-refractivity contribution in [2.24, 2.45) is 5.92 Å². The first-order valence-electron chi connectivity index (χ1n) is 9.16. The van der Waals surface area contributed by atoms with E-state index in [0.29, 0.717) is 23.7 Å². The van der Waals surface area contributed by atoms with Gasteiger partial charge in [-0.15, -0.1) is 0 Å². The molecule has 0 aliphatic heterocycles. The van der Waals surface area contributed by atoms with Crippen LogP contribution in [0.25, 0.3) is 0 Å². The van der Waals surface area contributed by atoms with Gasteiger partial charge in [0.1, 0.15) is 12.4 Å². The van der Waals surface area contributed by atoms with Crippen molar-refractivity contribution in [3.8, 4) is 5.75 Å². The third-order valence-corrected chi connectivity index (χ3v) is 3.74. The zero-order valence-electron chi connectivity index (χ0n) is 16.5. The Morgan fingerprint density at radius 3 is 2.39 bits per heavy atom. The summed E-state index contributed by atoms with van der Waals surface area (Å²) in [6.07, 6.45) is 0. The Kier molecular flexibility index (Phi) is 7.63. The van der Waals surface area contributed by atoms with Crippen molar-refractivity contribution in [2.75, 3.05) is 29.1 Å². The predicted octanol–water partition coefficient (Wildman–Crippen LogP) is 4.29. The molecule has 0 heterocycles. The fourth-order valence-electron chi connectivity index (χ4n) is 2.28. The molecule has 3 N–H and O–H groups in total. The SMILES string of the molecule is C=C(C)COc1ccccc1NCC(=O)Nc1cccc(NC(=O)C(C)C)c1. The van der Waals surface area contributed by atoms with Crippen molar-refractivity contribution in [3.05, 3.63) is 60.7 Å². The number of anilines is 3. The second-order valence-electron chi connectivity index (χ2n) is 6.87. The lowest BCUT2D eigenvalue weighted by atomic mass is 10.2. The van der Waals surface area contributed by atoms with Crippen molar-refractivity contribution < 1.29 is 14.3 Å². The highest BCUT2D eigenvalue weighted by Gasteiger charge is 2.09. The van der Waals surface area contributed by atoms with Gasteiger partial charge in [0, 0.05) is 17.3 Å². The summed E-state index contributed by atoms with van der Waals surface area (Å²) in [5.41, 5.74) is 2.90. The van der Waals surface area contributed by atoms with E-state index in [9.17, 15) is 9.59 Å². The molecule has 0 saturated heterocycles. The minimum atomic E-state index is -0.206. The summed E-state index contributed by atoms with van der Waals surface area (Å²) in [6, 6.07) is 14.5. The molecule has 0 atom stereocenters. The third-order valence-electron chi connectivity index (χ3n) is 3.74. The molecule has 0 saturated carbocycles. The lowest BCUT2D eigenvalue weighted by molar-refractivity contribution is -0.119. The molecule has 2 aromatic carbocycles. The van der Waals surface area contributed by atoms with Gasteiger partial charge in [-0.05, 0) is 42.8 Å². The summed E-state index contributed by atoms with van der Waals surface area (Å²) < 4.78 is 5.69. The van der Waals surface area contributed by atoms with Crippen LogP contribution in [0.15, 0.2) is 60.7 Å². The number of hydrogen-bond donors (Lipinski definition) is 3. The predicted molar refractivity (Wildman–Crippen MR) is 114 cm³/mol. The Labute approximate surface area is 166 Å². The fourth-order valence-corrected chi connectivity index (χ4v) is 2.28. The van der Waals surface area contributed by atoms with Gasteiger partial charge in [0.15, 0.2) is 0 Å². The highest BCUT2D eigenvalue weighted by molar-refractivity contribution is 5.96. The molecule has 6 heteroatoms. The normalized spacial score (nSPS) is 10.3. The van der Waals surface area contributed by atoms with E-state index in [0.717, 1.165) is 11.3 Å². The summed E-state index contributed by atoms with van der Waals surface area (Å²) in [4.78, 5) is 24.1. The molecule has 148 valence electrons. The largest absolute Gasteiger partial charge is 0.487 e. The summed E-state index contributed by atoms with van der Waals surface area (Å²) in [7, 11) is 0. The van der Waals surface area contributed by atoms with Crippen LogP contribution in [0.2, 0.25) is 0 Å². The monoisotopic (exact) mass is 381 g/mol. The van der Waals surface area contributed by atoms with Gasteiger partial charge in [0.05, 0.1) is 12.2 Å². The molecule has 28 heavy (non-hydrogen) atoms. The highest BCUT2D eigenvalue weighted by atomic mass is 16.5. The second kappa shape index (κ2) is 10.2. The van der Waals surface area contributed by atoms with Gasteiger partial charge in [-0.1, -0.05) is 38.6 Å². The van der Waals surface area contributed by atoms with Crippen LogP contribution < -0.4 is 20.7 Å². The smallest absolute Gasteiger partial charge is 0.243 e. The minimum Gasteiger partial charge on any atom is -0.487 e. The lowest BCUT2D eigenvalue weighted by Gasteiger charge is -2.14. The Hall–Kier alpha value is -3.28. The maximum atomic E-state index is 12.3. The number of amides is 2. The van der Waals surface area contributed by atoms with Crippen LogP contribution in [-0.2, 0) is 9.59 Å². The van der Waals surface area contributed by atoms with E-state index in [1.807, 2.05) is 45.0 Å². The molecule has 0 aliphatic carbocycles. The van der Waals surface area contributed by atoms with Crippen LogP contribution in [0.5, 0.6) is 5.75 Å². The first-order valence-corrected chi connectivity index (χ1v) is 9.16. The Morgan fingerprint density at radius 1 is 1.04 bits per heavy atom. The highest BCUT2D eigenvalue weighted by Crippen LogP contribution is 2.24. The van der Waals surface area contributed by atoms with Crippen LogP contribution in [0.1, 0.15) is 20.8 Å². The number of nitrogens with one attached hydrogen (secondary N) is 3. The number of benzene rings is 2. The Bertz CT molecular complexity index is 846. The van der Waals surface area contributed by atoms with E-state index in [1.165, 1.54) is 0 Å². The van der Waals surface area contributed by atoms with Crippen LogP contribution in [0.4, 0.5) is 17.1 Å². The quantitative estimate of drug-likeness (QED) is 0.566. The summed E-state index contributed by atoms with van der Waals surface area (Å²) in [5, 5.41) is 8.71. The second-order valence-corrected chi connectivity index (χ2v) is 6.87. The maximum absolute atomic E-state index is 12.3. The summed E-state index contributed by atoms with van der Waals surface area (Å²) >= 11 is 0. The van der Waals surface area contributed by atoms with Gasteiger partial charge >= 0.3 is 0 Å². The fraction of sp³-hybridized carbons (Fsp3) is 0.273. The van der Waals surface area contributed by atoms with Gasteiger partial charge in [-0.2, -0.15) is 0 Å². The third kappa shape index (κ3) is 6.79. The molecule has 2 amide bonds. The van der Waals surface area contributed by atoms with Crippen LogP contribution in [0.3, 0.4) is 0 Å². The molecule has 2 rings (SSSR count). The summed E-state index contributed by atoms with van der Waals surface area (Å²) in [5.74, 6) is 0.268. The zero-order chi connectivity index (χ0) is 20.5. The van der Waals surface area contributed by atoms with Gasteiger partial charge in [-0.25, -0.2) is 0 Å². The molecule has 0 radical (unpaired) electrons. The van der Waals surface area contributed by atoms with E-state index >= 15 is 0 Å². The van der Waals surface area contributed by atoms with Crippen LogP contribution in [-0.4, -0.2) is 25.0 Å². The van der Waals surface area contributed by atoms with E-state index in [-0.39, 0.29) is 24.3 Å². The number of ether oxygens (including phenoxy) is 1. The average molecular weight is 381 g/mol. The van der Waals surface area contributed by atoms with Crippen molar-refractivity contribution in [1.82, 2.24) is 0 Å². The van der Waals surface area contributed by atoms with Crippen molar-refractivity contribution in [3.63, 3.8) is 0 Å². The number of carbonyl (C=O) groups is 2. The zero-order valence-corrected chi connectivity index (χ0v) is 16.5. The molecule has 0 bridgehead atoms. The number of rotatable bonds is 9. The number of para-hydroxylation sites is 2. The first kappa shape index (κ1) is 21.0. The van der Waals surface area contributed by atoms with E-state index < -0.39 is 0 Å². The Morgan fingerprint density at radius 2 is 1.71 bits per heavy atom. The molecule has 6 nitrogen and oxygen atoms in total.